The minimum absolute atomic E-state index is 0.0658. The van der Waals surface area contributed by atoms with Gasteiger partial charge in [-0.2, -0.15) is 0 Å². The molecule has 0 aliphatic heterocycles. The van der Waals surface area contributed by atoms with E-state index in [1.54, 1.807) is 0 Å². The van der Waals surface area contributed by atoms with Gasteiger partial charge in [-0.3, -0.25) is 0 Å². The standard InChI is InChI=1S/C9H12O2/c1-2-6-11-9-5-3-4-8(9)7-10/h1,4,9-10H,3,5-7H2. The Morgan fingerprint density at radius 2 is 2.64 bits per heavy atom. The molecule has 0 spiro atoms. The first kappa shape index (κ1) is 8.32. The predicted octanol–water partition coefficient (Wildman–Crippen LogP) is 0.717. The van der Waals surface area contributed by atoms with Crippen LogP contribution in [0.1, 0.15) is 12.8 Å². The highest BCUT2D eigenvalue weighted by molar-refractivity contribution is 5.14. The van der Waals surface area contributed by atoms with Crippen molar-refractivity contribution in [2.75, 3.05) is 13.2 Å². The molecule has 1 aliphatic carbocycles. The summed E-state index contributed by atoms with van der Waals surface area (Å²) < 4.78 is 5.29. The summed E-state index contributed by atoms with van der Waals surface area (Å²) in [6.07, 6.45) is 9.06. The highest BCUT2D eigenvalue weighted by Crippen LogP contribution is 2.20. The van der Waals surface area contributed by atoms with Gasteiger partial charge in [-0.15, -0.1) is 6.42 Å². The fraction of sp³-hybridized carbons (Fsp3) is 0.556. The van der Waals surface area contributed by atoms with E-state index in [1.165, 1.54) is 0 Å². The van der Waals surface area contributed by atoms with E-state index in [-0.39, 0.29) is 12.7 Å². The molecule has 0 saturated carbocycles. The fourth-order valence-corrected chi connectivity index (χ4v) is 1.24. The maximum Gasteiger partial charge on any atom is 0.108 e. The van der Waals surface area contributed by atoms with Crippen LogP contribution in [0.3, 0.4) is 0 Å². The van der Waals surface area contributed by atoms with Gasteiger partial charge in [0.1, 0.15) is 6.61 Å². The summed E-state index contributed by atoms with van der Waals surface area (Å²) in [6, 6.07) is 0. The van der Waals surface area contributed by atoms with Gasteiger partial charge in [0.25, 0.3) is 0 Å². The number of hydrogen-bond acceptors (Lipinski definition) is 2. The molecule has 2 heteroatoms. The molecule has 1 rings (SSSR count). The molecule has 0 aromatic heterocycles. The molecule has 0 heterocycles. The molecule has 1 unspecified atom stereocenters. The average Bonchev–Trinajstić information content (AvgIpc) is 2.47. The van der Waals surface area contributed by atoms with Crippen molar-refractivity contribution in [1.29, 1.82) is 0 Å². The zero-order chi connectivity index (χ0) is 8.10. The van der Waals surface area contributed by atoms with Crippen LogP contribution in [-0.2, 0) is 4.74 Å². The smallest absolute Gasteiger partial charge is 0.108 e. The lowest BCUT2D eigenvalue weighted by Crippen LogP contribution is -2.14. The zero-order valence-corrected chi connectivity index (χ0v) is 6.42. The van der Waals surface area contributed by atoms with Gasteiger partial charge in [0.05, 0.1) is 12.7 Å². The lowest BCUT2D eigenvalue weighted by atomic mass is 10.2. The molecule has 0 saturated heterocycles. The van der Waals surface area contributed by atoms with Gasteiger partial charge >= 0.3 is 0 Å². The highest BCUT2D eigenvalue weighted by Gasteiger charge is 2.17. The number of hydrogen-bond donors (Lipinski definition) is 1. The largest absolute Gasteiger partial charge is 0.392 e. The number of aliphatic hydroxyl groups is 1. The number of rotatable bonds is 3. The van der Waals surface area contributed by atoms with E-state index in [0.717, 1.165) is 18.4 Å². The molecule has 1 atom stereocenters. The summed E-state index contributed by atoms with van der Waals surface area (Å²) in [5.74, 6) is 2.41. The number of terminal acetylenes is 1. The Kier molecular flexibility index (Phi) is 3.15. The molecular weight excluding hydrogens is 140 g/mol. The van der Waals surface area contributed by atoms with Crippen molar-refractivity contribution < 1.29 is 9.84 Å². The van der Waals surface area contributed by atoms with Crippen LogP contribution in [0.4, 0.5) is 0 Å². The number of allylic oxidation sites excluding steroid dienone is 1. The normalized spacial score (nSPS) is 22.9. The van der Waals surface area contributed by atoms with E-state index in [9.17, 15) is 0 Å². The minimum atomic E-state index is 0.0658. The SMILES string of the molecule is C#CCOC1CCC=C1CO. The maximum atomic E-state index is 8.84. The fourth-order valence-electron chi connectivity index (χ4n) is 1.24. The van der Waals surface area contributed by atoms with E-state index >= 15 is 0 Å². The Morgan fingerprint density at radius 1 is 1.82 bits per heavy atom. The van der Waals surface area contributed by atoms with Crippen LogP contribution >= 0.6 is 0 Å². The summed E-state index contributed by atoms with van der Waals surface area (Å²) in [6.45, 7) is 0.428. The Labute approximate surface area is 66.9 Å². The molecule has 1 aliphatic rings. The monoisotopic (exact) mass is 152 g/mol. The molecule has 0 bridgehead atoms. The van der Waals surface area contributed by atoms with Crippen LogP contribution in [0.15, 0.2) is 11.6 Å². The number of aliphatic hydroxyl groups excluding tert-OH is 1. The van der Waals surface area contributed by atoms with E-state index in [2.05, 4.69) is 5.92 Å². The van der Waals surface area contributed by atoms with Crippen LogP contribution in [-0.4, -0.2) is 24.4 Å². The van der Waals surface area contributed by atoms with Gasteiger partial charge in [-0.1, -0.05) is 12.0 Å². The number of ether oxygens (including phenoxy) is 1. The van der Waals surface area contributed by atoms with E-state index in [0.29, 0.717) is 6.61 Å². The van der Waals surface area contributed by atoms with Gasteiger partial charge in [-0.05, 0) is 18.4 Å². The van der Waals surface area contributed by atoms with Crippen LogP contribution in [0.2, 0.25) is 0 Å². The molecule has 0 aromatic carbocycles. The molecule has 0 aromatic rings. The predicted molar refractivity (Wildman–Crippen MR) is 43.0 cm³/mol. The van der Waals surface area contributed by atoms with Gasteiger partial charge < -0.3 is 9.84 Å². The Morgan fingerprint density at radius 3 is 3.27 bits per heavy atom. The molecule has 11 heavy (non-hydrogen) atoms. The van der Waals surface area contributed by atoms with Crippen molar-refractivity contribution in [3.63, 3.8) is 0 Å². The van der Waals surface area contributed by atoms with Crippen LogP contribution < -0.4 is 0 Å². The van der Waals surface area contributed by atoms with E-state index in [4.69, 9.17) is 16.3 Å². The molecular formula is C9H12O2. The van der Waals surface area contributed by atoms with E-state index < -0.39 is 0 Å². The zero-order valence-electron chi connectivity index (χ0n) is 6.42. The molecule has 60 valence electrons. The molecule has 0 radical (unpaired) electrons. The second-order valence-corrected chi connectivity index (χ2v) is 2.52. The highest BCUT2D eigenvalue weighted by atomic mass is 16.5. The first-order valence-corrected chi connectivity index (χ1v) is 3.73. The van der Waals surface area contributed by atoms with Gasteiger partial charge in [-0.25, -0.2) is 0 Å². The first-order chi connectivity index (χ1) is 5.38. The third kappa shape index (κ3) is 2.07. The summed E-state index contributed by atoms with van der Waals surface area (Å²) in [4.78, 5) is 0. The summed E-state index contributed by atoms with van der Waals surface area (Å²) in [7, 11) is 0. The second kappa shape index (κ2) is 4.17. The van der Waals surface area contributed by atoms with Crippen molar-refractivity contribution in [3.8, 4) is 12.3 Å². The minimum Gasteiger partial charge on any atom is -0.392 e. The van der Waals surface area contributed by atoms with Crippen LogP contribution in [0, 0.1) is 12.3 Å². The van der Waals surface area contributed by atoms with Gasteiger partial charge in [0.2, 0.25) is 0 Å². The van der Waals surface area contributed by atoms with Crippen molar-refractivity contribution in [1.82, 2.24) is 0 Å². The molecule has 1 N–H and O–H groups in total. The van der Waals surface area contributed by atoms with Gasteiger partial charge in [0.15, 0.2) is 0 Å². The average molecular weight is 152 g/mol. The van der Waals surface area contributed by atoms with E-state index in [1.807, 2.05) is 6.08 Å². The van der Waals surface area contributed by atoms with Crippen molar-refractivity contribution in [2.45, 2.75) is 18.9 Å². The molecule has 0 fully saturated rings. The first-order valence-electron chi connectivity index (χ1n) is 3.73. The summed E-state index contributed by atoms with van der Waals surface area (Å²) >= 11 is 0. The Bertz CT molecular complexity index is 188. The van der Waals surface area contributed by atoms with Crippen molar-refractivity contribution in [2.24, 2.45) is 0 Å². The second-order valence-electron chi connectivity index (χ2n) is 2.52. The Balaban J connectivity index is 2.35. The summed E-state index contributed by atoms with van der Waals surface area (Å²) in [5.41, 5.74) is 0.972. The maximum absolute atomic E-state index is 8.84. The van der Waals surface area contributed by atoms with Crippen molar-refractivity contribution >= 4 is 0 Å². The molecule has 0 amide bonds. The van der Waals surface area contributed by atoms with Crippen LogP contribution in [0.25, 0.3) is 0 Å². The van der Waals surface area contributed by atoms with Crippen LogP contribution in [0.5, 0.6) is 0 Å². The summed E-state index contributed by atoms with van der Waals surface area (Å²) in [5, 5.41) is 8.84. The lowest BCUT2D eigenvalue weighted by molar-refractivity contribution is 0.0965. The third-order valence-corrected chi connectivity index (χ3v) is 1.80. The quantitative estimate of drug-likeness (QED) is 0.477. The lowest BCUT2D eigenvalue weighted by Gasteiger charge is -2.11. The third-order valence-electron chi connectivity index (χ3n) is 1.80. The van der Waals surface area contributed by atoms with Crippen molar-refractivity contribution in [3.05, 3.63) is 11.6 Å². The van der Waals surface area contributed by atoms with Gasteiger partial charge in [0, 0.05) is 0 Å². The Hall–Kier alpha value is -0.780. The topological polar surface area (TPSA) is 29.5 Å². The molecule has 2 nitrogen and oxygen atoms in total.